The first kappa shape index (κ1) is 13.6. The SMILES string of the molecule is CCn1cc(C(O)c2ccc(-c3ccccc3)cc2)cn1. The van der Waals surface area contributed by atoms with Crippen LogP contribution in [0.15, 0.2) is 67.0 Å². The lowest BCUT2D eigenvalue weighted by molar-refractivity contribution is 0.220. The zero-order valence-corrected chi connectivity index (χ0v) is 12.0. The van der Waals surface area contributed by atoms with E-state index in [4.69, 9.17) is 0 Å². The number of nitrogens with zero attached hydrogens (tertiary/aromatic N) is 2. The number of aromatic nitrogens is 2. The van der Waals surface area contributed by atoms with Gasteiger partial charge in [-0.2, -0.15) is 5.10 Å². The molecule has 3 rings (SSSR count). The van der Waals surface area contributed by atoms with Crippen molar-refractivity contribution in [1.82, 2.24) is 9.78 Å². The van der Waals surface area contributed by atoms with Crippen molar-refractivity contribution in [1.29, 1.82) is 0 Å². The number of aliphatic hydroxyl groups is 1. The van der Waals surface area contributed by atoms with E-state index in [0.29, 0.717) is 0 Å². The zero-order valence-electron chi connectivity index (χ0n) is 12.0. The highest BCUT2D eigenvalue weighted by Crippen LogP contribution is 2.25. The van der Waals surface area contributed by atoms with Crippen LogP contribution in [0.25, 0.3) is 11.1 Å². The monoisotopic (exact) mass is 278 g/mol. The molecule has 0 radical (unpaired) electrons. The average Bonchev–Trinajstić information content (AvgIpc) is 3.04. The fraction of sp³-hybridized carbons (Fsp3) is 0.167. The predicted molar refractivity (Wildman–Crippen MR) is 83.8 cm³/mol. The summed E-state index contributed by atoms with van der Waals surface area (Å²) in [6, 6.07) is 18.2. The molecule has 0 spiro atoms. The van der Waals surface area contributed by atoms with Gasteiger partial charge >= 0.3 is 0 Å². The van der Waals surface area contributed by atoms with Crippen LogP contribution in [0.5, 0.6) is 0 Å². The van der Waals surface area contributed by atoms with E-state index in [1.165, 1.54) is 5.56 Å². The molecule has 0 fully saturated rings. The molecule has 0 aliphatic rings. The van der Waals surface area contributed by atoms with Gasteiger partial charge in [-0.25, -0.2) is 0 Å². The van der Waals surface area contributed by atoms with E-state index in [0.717, 1.165) is 23.2 Å². The summed E-state index contributed by atoms with van der Waals surface area (Å²) in [5.41, 5.74) is 4.03. The molecule has 1 N–H and O–H groups in total. The molecule has 1 heterocycles. The molecule has 106 valence electrons. The summed E-state index contributed by atoms with van der Waals surface area (Å²) >= 11 is 0. The fourth-order valence-corrected chi connectivity index (χ4v) is 2.37. The number of hydrogen-bond donors (Lipinski definition) is 1. The van der Waals surface area contributed by atoms with E-state index in [1.54, 1.807) is 6.20 Å². The molecular weight excluding hydrogens is 260 g/mol. The van der Waals surface area contributed by atoms with Crippen LogP contribution in [0.2, 0.25) is 0 Å². The number of rotatable bonds is 4. The topological polar surface area (TPSA) is 38.0 Å². The molecule has 3 aromatic rings. The summed E-state index contributed by atoms with van der Waals surface area (Å²) in [6.45, 7) is 2.83. The summed E-state index contributed by atoms with van der Waals surface area (Å²) in [7, 11) is 0. The Kier molecular flexibility index (Phi) is 3.84. The molecule has 2 aromatic carbocycles. The Morgan fingerprint density at radius 1 is 0.952 bits per heavy atom. The molecule has 0 saturated heterocycles. The highest BCUT2D eigenvalue weighted by molar-refractivity contribution is 5.63. The van der Waals surface area contributed by atoms with Gasteiger partial charge in [0.05, 0.1) is 6.20 Å². The largest absolute Gasteiger partial charge is 0.384 e. The number of benzene rings is 2. The minimum atomic E-state index is -0.630. The van der Waals surface area contributed by atoms with E-state index in [9.17, 15) is 5.11 Å². The maximum atomic E-state index is 10.4. The second-order valence-electron chi connectivity index (χ2n) is 5.02. The van der Waals surface area contributed by atoms with Crippen molar-refractivity contribution in [2.45, 2.75) is 19.6 Å². The Morgan fingerprint density at radius 3 is 2.24 bits per heavy atom. The van der Waals surface area contributed by atoms with Gasteiger partial charge in [0.25, 0.3) is 0 Å². The number of aliphatic hydroxyl groups excluding tert-OH is 1. The maximum absolute atomic E-state index is 10.4. The summed E-state index contributed by atoms with van der Waals surface area (Å²) in [4.78, 5) is 0. The Morgan fingerprint density at radius 2 is 1.62 bits per heavy atom. The third kappa shape index (κ3) is 2.88. The molecule has 3 nitrogen and oxygen atoms in total. The third-order valence-corrected chi connectivity index (χ3v) is 3.63. The van der Waals surface area contributed by atoms with Crippen molar-refractivity contribution in [3.05, 3.63) is 78.1 Å². The normalized spacial score (nSPS) is 12.3. The Labute approximate surface area is 124 Å². The van der Waals surface area contributed by atoms with Crippen molar-refractivity contribution in [3.63, 3.8) is 0 Å². The molecule has 1 atom stereocenters. The smallest absolute Gasteiger partial charge is 0.107 e. The Bertz CT molecular complexity index is 702. The highest BCUT2D eigenvalue weighted by atomic mass is 16.3. The van der Waals surface area contributed by atoms with Crippen LogP contribution in [0, 0.1) is 0 Å². The summed E-state index contributed by atoms with van der Waals surface area (Å²) in [6.07, 6.45) is 2.98. The van der Waals surface area contributed by atoms with E-state index in [-0.39, 0.29) is 0 Å². The van der Waals surface area contributed by atoms with Gasteiger partial charge in [-0.15, -0.1) is 0 Å². The molecule has 0 bridgehead atoms. The molecule has 0 amide bonds. The Balaban J connectivity index is 1.83. The first-order valence-electron chi connectivity index (χ1n) is 7.13. The van der Waals surface area contributed by atoms with E-state index >= 15 is 0 Å². The van der Waals surface area contributed by atoms with Crippen molar-refractivity contribution in [3.8, 4) is 11.1 Å². The van der Waals surface area contributed by atoms with Gasteiger partial charge in [-0.1, -0.05) is 54.6 Å². The first-order chi connectivity index (χ1) is 10.3. The quantitative estimate of drug-likeness (QED) is 0.791. The van der Waals surface area contributed by atoms with Gasteiger partial charge in [0.1, 0.15) is 6.10 Å². The zero-order chi connectivity index (χ0) is 14.7. The maximum Gasteiger partial charge on any atom is 0.107 e. The molecular formula is C18H18N2O. The van der Waals surface area contributed by atoms with Gasteiger partial charge in [-0.05, 0) is 23.6 Å². The van der Waals surface area contributed by atoms with Gasteiger partial charge in [-0.3, -0.25) is 4.68 Å². The van der Waals surface area contributed by atoms with Crippen molar-refractivity contribution in [2.75, 3.05) is 0 Å². The van der Waals surface area contributed by atoms with Crippen molar-refractivity contribution >= 4 is 0 Å². The van der Waals surface area contributed by atoms with E-state index < -0.39 is 6.10 Å². The van der Waals surface area contributed by atoms with Crippen molar-refractivity contribution < 1.29 is 5.11 Å². The van der Waals surface area contributed by atoms with Crippen LogP contribution in [0.3, 0.4) is 0 Å². The second-order valence-corrected chi connectivity index (χ2v) is 5.02. The third-order valence-electron chi connectivity index (χ3n) is 3.63. The van der Waals surface area contributed by atoms with Gasteiger partial charge in [0.15, 0.2) is 0 Å². The molecule has 3 heteroatoms. The second kappa shape index (κ2) is 5.94. The van der Waals surface area contributed by atoms with Crippen LogP contribution >= 0.6 is 0 Å². The molecule has 0 aliphatic heterocycles. The summed E-state index contributed by atoms with van der Waals surface area (Å²) in [5, 5.41) is 14.6. The minimum Gasteiger partial charge on any atom is -0.384 e. The number of aryl methyl sites for hydroxylation is 1. The van der Waals surface area contributed by atoms with Gasteiger partial charge in [0, 0.05) is 18.3 Å². The van der Waals surface area contributed by atoms with E-state index in [1.807, 2.05) is 60.3 Å². The molecule has 1 unspecified atom stereocenters. The van der Waals surface area contributed by atoms with Crippen LogP contribution in [-0.2, 0) is 6.54 Å². The average molecular weight is 278 g/mol. The van der Waals surface area contributed by atoms with Crippen LogP contribution < -0.4 is 0 Å². The summed E-state index contributed by atoms with van der Waals surface area (Å²) in [5.74, 6) is 0. The van der Waals surface area contributed by atoms with Crippen LogP contribution in [0.1, 0.15) is 24.2 Å². The molecule has 1 aromatic heterocycles. The van der Waals surface area contributed by atoms with Crippen molar-refractivity contribution in [2.24, 2.45) is 0 Å². The van der Waals surface area contributed by atoms with Gasteiger partial charge < -0.3 is 5.11 Å². The molecule has 0 aliphatic carbocycles. The molecule has 0 saturated carbocycles. The lowest BCUT2D eigenvalue weighted by atomic mass is 10.00. The highest BCUT2D eigenvalue weighted by Gasteiger charge is 2.12. The molecule has 21 heavy (non-hydrogen) atoms. The van der Waals surface area contributed by atoms with E-state index in [2.05, 4.69) is 17.2 Å². The summed E-state index contributed by atoms with van der Waals surface area (Å²) < 4.78 is 1.82. The first-order valence-corrected chi connectivity index (χ1v) is 7.13. The van der Waals surface area contributed by atoms with Gasteiger partial charge in [0.2, 0.25) is 0 Å². The fourth-order valence-electron chi connectivity index (χ4n) is 2.37. The lowest BCUT2D eigenvalue weighted by Crippen LogP contribution is -1.98. The predicted octanol–water partition coefficient (Wildman–Crippen LogP) is 3.65. The minimum absolute atomic E-state index is 0.630. The number of hydrogen-bond acceptors (Lipinski definition) is 2. The van der Waals surface area contributed by atoms with Crippen LogP contribution in [0.4, 0.5) is 0 Å². The lowest BCUT2D eigenvalue weighted by Gasteiger charge is -2.10. The Hall–Kier alpha value is -2.39. The standard InChI is InChI=1S/C18H18N2O/c1-2-20-13-17(12-19-20)18(21)16-10-8-15(9-11-16)14-6-4-3-5-7-14/h3-13,18,21H,2H2,1H3. The van der Waals surface area contributed by atoms with Crippen LogP contribution in [-0.4, -0.2) is 14.9 Å².